The molecule has 31 heavy (non-hydrogen) atoms. The predicted molar refractivity (Wildman–Crippen MR) is 128 cm³/mol. The molecule has 160 valence electrons. The summed E-state index contributed by atoms with van der Waals surface area (Å²) in [7, 11) is 0. The summed E-state index contributed by atoms with van der Waals surface area (Å²) in [5.74, 6) is 0. The summed E-state index contributed by atoms with van der Waals surface area (Å²) < 4.78 is 7.77. The largest absolute Gasteiger partial charge is 0.378 e. The number of aromatic nitrogens is 2. The van der Waals surface area contributed by atoms with Crippen molar-refractivity contribution in [2.75, 3.05) is 36.1 Å². The lowest BCUT2D eigenvalue weighted by Crippen LogP contribution is -2.36. The third-order valence-electron chi connectivity index (χ3n) is 6.11. The fourth-order valence-electron chi connectivity index (χ4n) is 4.56. The normalized spacial score (nSPS) is 21.4. The van der Waals surface area contributed by atoms with Gasteiger partial charge in [0.25, 0.3) is 0 Å². The van der Waals surface area contributed by atoms with Gasteiger partial charge in [-0.15, -0.1) is 0 Å². The molecule has 2 aromatic heterocycles. The number of benzene rings is 1. The molecule has 0 radical (unpaired) electrons. The highest BCUT2D eigenvalue weighted by Gasteiger charge is 2.41. The highest BCUT2D eigenvalue weighted by Crippen LogP contribution is 2.41. The van der Waals surface area contributed by atoms with Crippen LogP contribution in [-0.2, 0) is 11.3 Å². The Labute approximate surface area is 188 Å². The number of nitrogens with zero attached hydrogens (tertiary/aromatic N) is 4. The van der Waals surface area contributed by atoms with E-state index in [2.05, 4.69) is 80.3 Å². The van der Waals surface area contributed by atoms with E-state index in [9.17, 15) is 0 Å². The summed E-state index contributed by atoms with van der Waals surface area (Å²) in [6.07, 6.45) is 3.97. The summed E-state index contributed by atoms with van der Waals surface area (Å²) in [5, 5.41) is 4.27. The predicted octanol–water partition coefficient (Wildman–Crippen LogP) is 3.92. The molecule has 0 aliphatic carbocycles. The lowest BCUT2D eigenvalue weighted by Gasteiger charge is -2.31. The Kier molecular flexibility index (Phi) is 5.61. The minimum atomic E-state index is -0.0205. The van der Waals surface area contributed by atoms with Crippen molar-refractivity contribution in [3.63, 3.8) is 0 Å². The highest BCUT2D eigenvalue weighted by molar-refractivity contribution is 7.80. The van der Waals surface area contributed by atoms with E-state index in [0.717, 1.165) is 49.3 Å². The van der Waals surface area contributed by atoms with E-state index in [0.29, 0.717) is 0 Å². The van der Waals surface area contributed by atoms with E-state index < -0.39 is 0 Å². The van der Waals surface area contributed by atoms with Crippen LogP contribution in [0.15, 0.2) is 67.0 Å². The molecule has 2 aliphatic rings. The first-order valence-electron chi connectivity index (χ1n) is 10.8. The van der Waals surface area contributed by atoms with Crippen LogP contribution in [0.1, 0.15) is 30.4 Å². The van der Waals surface area contributed by atoms with Crippen LogP contribution in [0, 0.1) is 0 Å². The number of hydrogen-bond acceptors (Lipinski definition) is 4. The summed E-state index contributed by atoms with van der Waals surface area (Å²) in [6, 6.07) is 19.1. The van der Waals surface area contributed by atoms with Gasteiger partial charge in [0.15, 0.2) is 5.11 Å². The first kappa shape index (κ1) is 20.0. The molecule has 2 aliphatic heterocycles. The molecule has 7 heteroatoms. The molecule has 1 N–H and O–H groups in total. The number of ether oxygens (including phenoxy) is 1. The fraction of sp³-hybridized carbons (Fsp3) is 0.333. The van der Waals surface area contributed by atoms with Gasteiger partial charge in [0.2, 0.25) is 0 Å². The van der Waals surface area contributed by atoms with Crippen LogP contribution in [0.5, 0.6) is 0 Å². The molecular weight excluding hydrogens is 406 g/mol. The Balaban J connectivity index is 1.52. The van der Waals surface area contributed by atoms with Crippen molar-refractivity contribution >= 4 is 28.7 Å². The molecule has 1 aromatic carbocycles. The van der Waals surface area contributed by atoms with Gasteiger partial charge in [0.1, 0.15) is 6.04 Å². The van der Waals surface area contributed by atoms with Crippen LogP contribution in [0.25, 0.3) is 0 Å². The number of anilines is 2. The maximum Gasteiger partial charge on any atom is 0.174 e. The van der Waals surface area contributed by atoms with E-state index in [1.165, 1.54) is 11.4 Å². The summed E-state index contributed by atoms with van der Waals surface area (Å²) >= 11 is 5.84. The lowest BCUT2D eigenvalue weighted by molar-refractivity contribution is 0.122. The van der Waals surface area contributed by atoms with Crippen molar-refractivity contribution in [2.45, 2.75) is 25.6 Å². The van der Waals surface area contributed by atoms with Crippen LogP contribution in [-0.4, -0.2) is 41.0 Å². The lowest BCUT2D eigenvalue weighted by atomic mass is 10.0. The van der Waals surface area contributed by atoms with Crippen molar-refractivity contribution in [1.29, 1.82) is 0 Å². The van der Waals surface area contributed by atoms with E-state index in [1.807, 2.05) is 18.3 Å². The van der Waals surface area contributed by atoms with Gasteiger partial charge in [-0.05, 0) is 67.7 Å². The molecule has 0 spiro atoms. The zero-order valence-electron chi connectivity index (χ0n) is 17.6. The highest BCUT2D eigenvalue weighted by atomic mass is 32.1. The van der Waals surface area contributed by atoms with Crippen LogP contribution in [0.4, 0.5) is 11.4 Å². The Bertz CT molecular complexity index is 1030. The molecule has 0 saturated carbocycles. The zero-order chi connectivity index (χ0) is 21.2. The molecule has 0 bridgehead atoms. The molecule has 4 heterocycles. The van der Waals surface area contributed by atoms with Gasteiger partial charge in [-0.25, -0.2) is 0 Å². The average molecular weight is 434 g/mol. The number of rotatable bonds is 5. The molecular formula is C24H27N5OS. The first-order valence-corrected chi connectivity index (χ1v) is 11.3. The molecule has 2 fully saturated rings. The Morgan fingerprint density at radius 3 is 2.52 bits per heavy atom. The molecule has 2 saturated heterocycles. The Hall–Kier alpha value is -2.90. The van der Waals surface area contributed by atoms with Crippen molar-refractivity contribution in [1.82, 2.24) is 14.9 Å². The zero-order valence-corrected chi connectivity index (χ0v) is 18.5. The van der Waals surface area contributed by atoms with E-state index >= 15 is 0 Å². The van der Waals surface area contributed by atoms with Crippen molar-refractivity contribution in [3.8, 4) is 0 Å². The smallest absolute Gasteiger partial charge is 0.174 e. The summed E-state index contributed by atoms with van der Waals surface area (Å²) in [4.78, 5) is 9.24. The van der Waals surface area contributed by atoms with Crippen LogP contribution < -0.4 is 15.1 Å². The number of thiocarbonyl (C=S) groups is 1. The number of nitrogens with one attached hydrogen (secondary N) is 1. The van der Waals surface area contributed by atoms with Gasteiger partial charge < -0.3 is 24.4 Å². The molecule has 5 rings (SSSR count). The first-order chi connectivity index (χ1) is 15.3. The topological polar surface area (TPSA) is 45.6 Å². The van der Waals surface area contributed by atoms with Gasteiger partial charge in [0.05, 0.1) is 24.9 Å². The summed E-state index contributed by atoms with van der Waals surface area (Å²) in [5.41, 5.74) is 4.52. The maximum absolute atomic E-state index is 5.84. The maximum atomic E-state index is 5.84. The van der Waals surface area contributed by atoms with Crippen LogP contribution in [0.2, 0.25) is 0 Å². The van der Waals surface area contributed by atoms with Crippen molar-refractivity contribution in [2.24, 2.45) is 0 Å². The fourth-order valence-corrected chi connectivity index (χ4v) is 4.91. The standard InChI is InChI=1S/C24H27N5OS/c1-2-27-13-5-7-21(27)23-22(20-6-3-4-12-25-20)26-24(31)29(23)19-10-8-18(9-11-19)28-14-16-30-17-15-28/h3-13,22-23H,2,14-17H2,1H3,(H,26,31)/t22-,23+/m1/s1. The van der Waals surface area contributed by atoms with Crippen LogP contribution in [0.3, 0.4) is 0 Å². The molecule has 2 atom stereocenters. The van der Waals surface area contributed by atoms with Gasteiger partial charge in [0, 0.05) is 49.1 Å². The second-order valence-electron chi connectivity index (χ2n) is 7.83. The number of aryl methyl sites for hydroxylation is 1. The minimum Gasteiger partial charge on any atom is -0.378 e. The van der Waals surface area contributed by atoms with Gasteiger partial charge >= 0.3 is 0 Å². The van der Waals surface area contributed by atoms with Crippen LogP contribution >= 0.6 is 12.2 Å². The number of pyridine rings is 1. The molecule has 6 nitrogen and oxygen atoms in total. The second-order valence-corrected chi connectivity index (χ2v) is 8.22. The Morgan fingerprint density at radius 1 is 1.03 bits per heavy atom. The number of morpholine rings is 1. The van der Waals surface area contributed by atoms with Gasteiger partial charge in [-0.1, -0.05) is 6.07 Å². The minimum absolute atomic E-state index is 0.0200. The van der Waals surface area contributed by atoms with E-state index in [4.69, 9.17) is 17.0 Å². The van der Waals surface area contributed by atoms with Gasteiger partial charge in [-0.2, -0.15) is 0 Å². The third-order valence-corrected chi connectivity index (χ3v) is 6.43. The molecule has 3 aromatic rings. The second kappa shape index (κ2) is 8.69. The summed E-state index contributed by atoms with van der Waals surface area (Å²) in [6.45, 7) is 6.49. The van der Waals surface area contributed by atoms with E-state index in [1.54, 1.807) is 0 Å². The quantitative estimate of drug-likeness (QED) is 0.616. The third kappa shape index (κ3) is 3.79. The SMILES string of the molecule is CCn1cccc1[C@H]1[C@@H](c2ccccn2)NC(=S)N1c1ccc(N2CCOCC2)cc1. The monoisotopic (exact) mass is 433 g/mol. The molecule has 0 unspecified atom stereocenters. The van der Waals surface area contributed by atoms with Gasteiger partial charge in [-0.3, -0.25) is 4.98 Å². The molecule has 0 amide bonds. The number of hydrogen-bond donors (Lipinski definition) is 1. The average Bonchev–Trinajstić information content (AvgIpc) is 3.44. The van der Waals surface area contributed by atoms with E-state index in [-0.39, 0.29) is 12.1 Å². The van der Waals surface area contributed by atoms with Crippen molar-refractivity contribution in [3.05, 3.63) is 78.4 Å². The Morgan fingerprint density at radius 2 is 1.81 bits per heavy atom. The van der Waals surface area contributed by atoms with Crippen molar-refractivity contribution < 1.29 is 4.74 Å².